The van der Waals surface area contributed by atoms with Crippen molar-refractivity contribution in [1.82, 2.24) is 5.43 Å². The van der Waals surface area contributed by atoms with Crippen LogP contribution in [0.1, 0.15) is 44.9 Å². The molecule has 0 spiro atoms. The molecule has 12 heavy (non-hydrogen) atoms. The summed E-state index contributed by atoms with van der Waals surface area (Å²) in [6, 6.07) is 0.406. The zero-order chi connectivity index (χ0) is 8.65. The van der Waals surface area contributed by atoms with Gasteiger partial charge in [0.1, 0.15) is 0 Å². The molecule has 3 N–H and O–H groups in total. The van der Waals surface area contributed by atoms with Crippen molar-refractivity contribution in [3.63, 3.8) is 0 Å². The van der Waals surface area contributed by atoms with Gasteiger partial charge in [-0.25, -0.2) is 0 Å². The first-order valence-electron chi connectivity index (χ1n) is 5.06. The van der Waals surface area contributed by atoms with Gasteiger partial charge in [-0.2, -0.15) is 0 Å². The quantitative estimate of drug-likeness (QED) is 0.357. The number of hydrogen-bond acceptors (Lipinski definition) is 2. The molecule has 0 aromatic rings. The van der Waals surface area contributed by atoms with E-state index in [-0.39, 0.29) is 0 Å². The molecule has 0 aliphatic heterocycles. The van der Waals surface area contributed by atoms with Crippen LogP contribution in [-0.2, 0) is 0 Å². The summed E-state index contributed by atoms with van der Waals surface area (Å²) in [4.78, 5) is 0. The lowest BCUT2D eigenvalue weighted by Crippen LogP contribution is -2.33. The van der Waals surface area contributed by atoms with E-state index in [2.05, 4.69) is 17.6 Å². The molecule has 1 rings (SSSR count). The molecule has 2 heteroatoms. The summed E-state index contributed by atoms with van der Waals surface area (Å²) in [5.41, 5.74) is 2.83. The highest BCUT2D eigenvalue weighted by Crippen LogP contribution is 2.11. The van der Waals surface area contributed by atoms with Gasteiger partial charge in [0.05, 0.1) is 0 Å². The molecular formula is C10H20N2. The maximum Gasteiger partial charge on any atom is 0.0390 e. The molecule has 1 aliphatic carbocycles. The zero-order valence-electron chi connectivity index (χ0n) is 7.76. The fourth-order valence-corrected chi connectivity index (χ4v) is 1.65. The van der Waals surface area contributed by atoms with Crippen LogP contribution < -0.4 is 11.3 Å². The van der Waals surface area contributed by atoms with Gasteiger partial charge in [-0.3, -0.25) is 11.3 Å². The van der Waals surface area contributed by atoms with E-state index in [0.29, 0.717) is 6.04 Å². The number of hydrazine groups is 1. The highest BCUT2D eigenvalue weighted by atomic mass is 15.2. The SMILES string of the molecule is NNC1/C=C\CCCCCCC1. The highest BCUT2D eigenvalue weighted by Gasteiger charge is 2.02. The normalized spacial score (nSPS) is 29.6. The molecule has 0 saturated carbocycles. The van der Waals surface area contributed by atoms with Crippen molar-refractivity contribution in [3.05, 3.63) is 12.2 Å². The number of nitrogens with two attached hydrogens (primary N) is 1. The van der Waals surface area contributed by atoms with E-state index in [9.17, 15) is 0 Å². The first-order chi connectivity index (χ1) is 5.93. The maximum atomic E-state index is 5.41. The Morgan fingerprint density at radius 1 is 1.08 bits per heavy atom. The van der Waals surface area contributed by atoms with Crippen molar-refractivity contribution in [2.75, 3.05) is 0 Å². The first-order valence-corrected chi connectivity index (χ1v) is 5.06. The predicted octanol–water partition coefficient (Wildman–Crippen LogP) is 2.12. The van der Waals surface area contributed by atoms with Crippen molar-refractivity contribution in [2.24, 2.45) is 5.84 Å². The lowest BCUT2D eigenvalue weighted by atomic mass is 10.0. The van der Waals surface area contributed by atoms with Crippen LogP contribution in [0, 0.1) is 0 Å². The van der Waals surface area contributed by atoms with Crippen LogP contribution >= 0.6 is 0 Å². The second kappa shape index (κ2) is 6.21. The van der Waals surface area contributed by atoms with Crippen molar-refractivity contribution >= 4 is 0 Å². The third-order valence-electron chi connectivity index (χ3n) is 2.47. The van der Waals surface area contributed by atoms with Crippen molar-refractivity contribution in [1.29, 1.82) is 0 Å². The summed E-state index contributed by atoms with van der Waals surface area (Å²) in [6.07, 6.45) is 13.7. The lowest BCUT2D eigenvalue weighted by molar-refractivity contribution is 0.513. The molecule has 0 fully saturated rings. The smallest absolute Gasteiger partial charge is 0.0390 e. The van der Waals surface area contributed by atoms with Gasteiger partial charge >= 0.3 is 0 Å². The van der Waals surface area contributed by atoms with Crippen molar-refractivity contribution < 1.29 is 0 Å². The minimum Gasteiger partial charge on any atom is -0.271 e. The molecule has 0 aromatic heterocycles. The average molecular weight is 168 g/mol. The summed E-state index contributed by atoms with van der Waals surface area (Å²) in [5.74, 6) is 5.41. The molecule has 2 nitrogen and oxygen atoms in total. The minimum atomic E-state index is 0.406. The summed E-state index contributed by atoms with van der Waals surface area (Å²) in [7, 11) is 0. The molecule has 0 saturated heterocycles. The Morgan fingerprint density at radius 3 is 2.67 bits per heavy atom. The van der Waals surface area contributed by atoms with E-state index >= 15 is 0 Å². The number of nitrogens with one attached hydrogen (secondary N) is 1. The fraction of sp³-hybridized carbons (Fsp3) is 0.800. The molecule has 0 radical (unpaired) electrons. The van der Waals surface area contributed by atoms with Gasteiger partial charge in [0.2, 0.25) is 0 Å². The maximum absolute atomic E-state index is 5.41. The average Bonchev–Trinajstić information content (AvgIpc) is 2.14. The van der Waals surface area contributed by atoms with E-state index in [1.54, 1.807) is 0 Å². The largest absolute Gasteiger partial charge is 0.271 e. The van der Waals surface area contributed by atoms with Gasteiger partial charge in [0, 0.05) is 6.04 Å². The van der Waals surface area contributed by atoms with Gasteiger partial charge in [0.25, 0.3) is 0 Å². The Kier molecular flexibility index (Phi) is 5.04. The zero-order valence-corrected chi connectivity index (χ0v) is 7.76. The van der Waals surface area contributed by atoms with E-state index in [1.807, 2.05) is 0 Å². The fourth-order valence-electron chi connectivity index (χ4n) is 1.65. The molecule has 0 heterocycles. The first kappa shape index (κ1) is 9.75. The summed E-state index contributed by atoms with van der Waals surface area (Å²) in [6.45, 7) is 0. The van der Waals surface area contributed by atoms with Crippen LogP contribution in [0.4, 0.5) is 0 Å². The van der Waals surface area contributed by atoms with Crippen LogP contribution in [0.3, 0.4) is 0 Å². The van der Waals surface area contributed by atoms with E-state index in [4.69, 9.17) is 5.84 Å². The van der Waals surface area contributed by atoms with Gasteiger partial charge in [0.15, 0.2) is 0 Å². The number of hydrogen-bond donors (Lipinski definition) is 2. The topological polar surface area (TPSA) is 38.0 Å². The van der Waals surface area contributed by atoms with Gasteiger partial charge in [-0.05, 0) is 19.3 Å². The predicted molar refractivity (Wildman–Crippen MR) is 52.6 cm³/mol. The van der Waals surface area contributed by atoms with Crippen molar-refractivity contribution in [2.45, 2.75) is 51.0 Å². The molecule has 0 bridgehead atoms. The highest BCUT2D eigenvalue weighted by molar-refractivity contribution is 4.92. The van der Waals surface area contributed by atoms with Gasteiger partial charge in [-0.15, -0.1) is 0 Å². The molecule has 1 aliphatic rings. The Bertz CT molecular complexity index is 132. The molecule has 1 unspecified atom stereocenters. The van der Waals surface area contributed by atoms with Gasteiger partial charge in [-0.1, -0.05) is 37.8 Å². The third-order valence-corrected chi connectivity index (χ3v) is 2.47. The van der Waals surface area contributed by atoms with Crippen LogP contribution in [0.5, 0.6) is 0 Å². The lowest BCUT2D eigenvalue weighted by Gasteiger charge is -2.12. The summed E-state index contributed by atoms with van der Waals surface area (Å²) >= 11 is 0. The van der Waals surface area contributed by atoms with Crippen molar-refractivity contribution in [3.8, 4) is 0 Å². The minimum absolute atomic E-state index is 0.406. The van der Waals surface area contributed by atoms with Crippen LogP contribution in [-0.4, -0.2) is 6.04 Å². The second-order valence-electron chi connectivity index (χ2n) is 3.55. The molecular weight excluding hydrogens is 148 g/mol. The van der Waals surface area contributed by atoms with E-state index < -0.39 is 0 Å². The van der Waals surface area contributed by atoms with Crippen LogP contribution in [0.2, 0.25) is 0 Å². The van der Waals surface area contributed by atoms with E-state index in [0.717, 1.165) is 0 Å². The van der Waals surface area contributed by atoms with Gasteiger partial charge < -0.3 is 0 Å². The third kappa shape index (κ3) is 3.88. The Hall–Kier alpha value is -0.340. The second-order valence-corrected chi connectivity index (χ2v) is 3.55. The van der Waals surface area contributed by atoms with Crippen LogP contribution in [0.25, 0.3) is 0 Å². The number of rotatable bonds is 1. The monoisotopic (exact) mass is 168 g/mol. The number of allylic oxidation sites excluding steroid dienone is 1. The molecule has 70 valence electrons. The van der Waals surface area contributed by atoms with Crippen LogP contribution in [0.15, 0.2) is 12.2 Å². The Balaban J connectivity index is 2.31. The summed E-state index contributed by atoms with van der Waals surface area (Å²) < 4.78 is 0. The Labute approximate surface area is 75.2 Å². The van der Waals surface area contributed by atoms with E-state index in [1.165, 1.54) is 44.9 Å². The molecule has 0 amide bonds. The standard InChI is InChI=1S/C10H20N2/c11-12-10-8-6-4-2-1-3-5-7-9-10/h6,8,10,12H,1-5,7,9,11H2/b8-6-. The Morgan fingerprint density at radius 2 is 1.83 bits per heavy atom. The molecule has 1 atom stereocenters. The summed E-state index contributed by atoms with van der Waals surface area (Å²) in [5, 5.41) is 0. The molecule has 0 aromatic carbocycles.